The molecule has 1 heteroatoms. The van der Waals surface area contributed by atoms with Gasteiger partial charge in [-0.15, -0.1) is 0 Å². The highest BCUT2D eigenvalue weighted by molar-refractivity contribution is 5.30. The Labute approximate surface area is 118 Å². The van der Waals surface area contributed by atoms with Gasteiger partial charge in [0.25, 0.3) is 0 Å². The second-order valence-corrected chi connectivity index (χ2v) is 6.52. The first kappa shape index (κ1) is 14.6. The first-order valence-corrected chi connectivity index (χ1v) is 7.91. The summed E-state index contributed by atoms with van der Waals surface area (Å²) in [7, 11) is 0. The monoisotopic (exact) mass is 259 g/mol. The Balaban J connectivity index is 1.99. The van der Waals surface area contributed by atoms with E-state index in [0.717, 1.165) is 6.54 Å². The molecule has 1 aromatic carbocycles. The van der Waals surface area contributed by atoms with Crippen molar-refractivity contribution in [2.45, 2.75) is 65.2 Å². The average Bonchev–Trinajstić information content (AvgIpc) is 2.42. The van der Waals surface area contributed by atoms with Crippen molar-refractivity contribution in [3.8, 4) is 0 Å². The highest BCUT2D eigenvalue weighted by atomic mass is 14.5. The topological polar surface area (TPSA) is 26.0 Å². The van der Waals surface area contributed by atoms with Gasteiger partial charge in [-0.05, 0) is 74.6 Å². The lowest BCUT2D eigenvalue weighted by molar-refractivity contribution is 0.161. The molecule has 0 atom stereocenters. The molecule has 1 nitrogen and oxygen atoms in total. The minimum Gasteiger partial charge on any atom is -0.330 e. The van der Waals surface area contributed by atoms with E-state index in [0.29, 0.717) is 5.41 Å². The number of rotatable bonds is 5. The summed E-state index contributed by atoms with van der Waals surface area (Å²) in [5, 5.41) is 0. The Morgan fingerprint density at radius 3 is 2.37 bits per heavy atom. The van der Waals surface area contributed by atoms with Crippen LogP contribution >= 0.6 is 0 Å². The van der Waals surface area contributed by atoms with Crippen LogP contribution in [0, 0.1) is 19.3 Å². The number of hydrogen-bond acceptors (Lipinski definition) is 1. The zero-order chi connectivity index (χ0) is 13.7. The van der Waals surface area contributed by atoms with Gasteiger partial charge in [0.05, 0.1) is 0 Å². The standard InChI is InChI=1S/C18H29N/c1-15-6-7-17(14-16(15)2)8-11-18(12-13-19)9-4-3-5-10-18/h6-7,14H,3-5,8-13,19H2,1-2H3. The molecule has 0 heterocycles. The molecule has 19 heavy (non-hydrogen) atoms. The normalized spacial score (nSPS) is 18.5. The van der Waals surface area contributed by atoms with Crippen molar-refractivity contribution < 1.29 is 0 Å². The van der Waals surface area contributed by atoms with Gasteiger partial charge < -0.3 is 5.73 Å². The van der Waals surface area contributed by atoms with Gasteiger partial charge in [0.1, 0.15) is 0 Å². The molecule has 2 N–H and O–H groups in total. The zero-order valence-electron chi connectivity index (χ0n) is 12.7. The molecule has 106 valence electrons. The van der Waals surface area contributed by atoms with Gasteiger partial charge in [0, 0.05) is 0 Å². The molecular weight excluding hydrogens is 230 g/mol. The maximum absolute atomic E-state index is 5.86. The molecular formula is C18H29N. The number of benzene rings is 1. The largest absolute Gasteiger partial charge is 0.330 e. The average molecular weight is 259 g/mol. The first-order chi connectivity index (χ1) is 9.15. The van der Waals surface area contributed by atoms with Crippen molar-refractivity contribution in [1.82, 2.24) is 0 Å². The van der Waals surface area contributed by atoms with Crippen LogP contribution in [0.1, 0.15) is 61.6 Å². The predicted molar refractivity (Wildman–Crippen MR) is 83.4 cm³/mol. The molecule has 0 radical (unpaired) electrons. The van der Waals surface area contributed by atoms with Crippen LogP contribution in [0.15, 0.2) is 18.2 Å². The summed E-state index contributed by atoms with van der Waals surface area (Å²) in [4.78, 5) is 0. The van der Waals surface area contributed by atoms with Crippen LogP contribution in [-0.2, 0) is 6.42 Å². The Bertz CT molecular complexity index is 397. The molecule has 1 aliphatic rings. The van der Waals surface area contributed by atoms with Gasteiger partial charge in [-0.25, -0.2) is 0 Å². The SMILES string of the molecule is Cc1ccc(CCC2(CCN)CCCCC2)cc1C. The Morgan fingerprint density at radius 1 is 1.00 bits per heavy atom. The molecule has 0 spiro atoms. The quantitative estimate of drug-likeness (QED) is 0.825. The lowest BCUT2D eigenvalue weighted by Gasteiger charge is -2.37. The van der Waals surface area contributed by atoms with E-state index in [1.54, 1.807) is 0 Å². The van der Waals surface area contributed by atoms with Crippen LogP contribution in [0.4, 0.5) is 0 Å². The maximum atomic E-state index is 5.86. The van der Waals surface area contributed by atoms with Crippen LogP contribution < -0.4 is 5.73 Å². The summed E-state index contributed by atoms with van der Waals surface area (Å²) in [5.74, 6) is 0. The van der Waals surface area contributed by atoms with E-state index >= 15 is 0 Å². The highest BCUT2D eigenvalue weighted by Gasteiger charge is 2.30. The molecule has 1 fully saturated rings. The fraction of sp³-hybridized carbons (Fsp3) is 0.667. The number of nitrogens with two attached hydrogens (primary N) is 1. The van der Waals surface area contributed by atoms with Gasteiger partial charge in [-0.3, -0.25) is 0 Å². The minimum atomic E-state index is 0.547. The van der Waals surface area contributed by atoms with Crippen molar-refractivity contribution >= 4 is 0 Å². The molecule has 0 unspecified atom stereocenters. The first-order valence-electron chi connectivity index (χ1n) is 7.91. The second-order valence-electron chi connectivity index (χ2n) is 6.52. The van der Waals surface area contributed by atoms with Crippen molar-refractivity contribution in [1.29, 1.82) is 0 Å². The molecule has 1 saturated carbocycles. The summed E-state index contributed by atoms with van der Waals surface area (Å²) in [6.45, 7) is 5.26. The maximum Gasteiger partial charge on any atom is -0.00720 e. The number of hydrogen-bond donors (Lipinski definition) is 1. The Kier molecular flexibility index (Phi) is 5.04. The van der Waals surface area contributed by atoms with E-state index in [2.05, 4.69) is 32.0 Å². The summed E-state index contributed by atoms with van der Waals surface area (Å²) >= 11 is 0. The fourth-order valence-corrected chi connectivity index (χ4v) is 3.60. The summed E-state index contributed by atoms with van der Waals surface area (Å²) in [5.41, 5.74) is 10.7. The third kappa shape index (κ3) is 3.82. The van der Waals surface area contributed by atoms with E-state index in [-0.39, 0.29) is 0 Å². The molecule has 0 amide bonds. The molecule has 0 aliphatic heterocycles. The Hall–Kier alpha value is -0.820. The summed E-state index contributed by atoms with van der Waals surface area (Å²) < 4.78 is 0. The van der Waals surface area contributed by atoms with E-state index in [4.69, 9.17) is 5.73 Å². The van der Waals surface area contributed by atoms with Crippen molar-refractivity contribution in [2.24, 2.45) is 11.1 Å². The van der Waals surface area contributed by atoms with E-state index in [1.807, 2.05) is 0 Å². The lowest BCUT2D eigenvalue weighted by atomic mass is 9.68. The molecule has 0 saturated heterocycles. The molecule has 2 rings (SSSR count). The predicted octanol–water partition coefficient (Wildman–Crippen LogP) is 4.54. The lowest BCUT2D eigenvalue weighted by Crippen LogP contribution is -2.28. The van der Waals surface area contributed by atoms with Crippen molar-refractivity contribution in [2.75, 3.05) is 6.54 Å². The van der Waals surface area contributed by atoms with Crippen LogP contribution in [0.2, 0.25) is 0 Å². The van der Waals surface area contributed by atoms with E-state index in [9.17, 15) is 0 Å². The minimum absolute atomic E-state index is 0.547. The van der Waals surface area contributed by atoms with Crippen molar-refractivity contribution in [3.05, 3.63) is 34.9 Å². The van der Waals surface area contributed by atoms with Gasteiger partial charge >= 0.3 is 0 Å². The molecule has 1 aromatic rings. The van der Waals surface area contributed by atoms with Gasteiger partial charge in [0.15, 0.2) is 0 Å². The van der Waals surface area contributed by atoms with Crippen LogP contribution in [0.3, 0.4) is 0 Å². The molecule has 0 aromatic heterocycles. The summed E-state index contributed by atoms with van der Waals surface area (Å²) in [6, 6.07) is 6.94. The van der Waals surface area contributed by atoms with E-state index in [1.165, 1.54) is 68.1 Å². The van der Waals surface area contributed by atoms with Crippen LogP contribution in [0.25, 0.3) is 0 Å². The van der Waals surface area contributed by atoms with Crippen LogP contribution in [-0.4, -0.2) is 6.54 Å². The summed E-state index contributed by atoms with van der Waals surface area (Å²) in [6.07, 6.45) is 10.8. The fourth-order valence-electron chi connectivity index (χ4n) is 3.60. The highest BCUT2D eigenvalue weighted by Crippen LogP contribution is 2.42. The van der Waals surface area contributed by atoms with Crippen LogP contribution in [0.5, 0.6) is 0 Å². The molecule has 1 aliphatic carbocycles. The second kappa shape index (κ2) is 6.56. The molecule has 0 bridgehead atoms. The third-order valence-electron chi connectivity index (χ3n) is 5.10. The third-order valence-corrected chi connectivity index (χ3v) is 5.10. The van der Waals surface area contributed by atoms with E-state index < -0.39 is 0 Å². The van der Waals surface area contributed by atoms with Gasteiger partial charge in [-0.2, -0.15) is 0 Å². The van der Waals surface area contributed by atoms with Crippen molar-refractivity contribution in [3.63, 3.8) is 0 Å². The Morgan fingerprint density at radius 2 is 1.74 bits per heavy atom. The zero-order valence-corrected chi connectivity index (χ0v) is 12.7. The number of aryl methyl sites for hydroxylation is 3. The smallest absolute Gasteiger partial charge is 0.00720 e. The van der Waals surface area contributed by atoms with Gasteiger partial charge in [-0.1, -0.05) is 37.5 Å². The van der Waals surface area contributed by atoms with Gasteiger partial charge in [0.2, 0.25) is 0 Å².